The summed E-state index contributed by atoms with van der Waals surface area (Å²) >= 11 is 1.80. The predicted molar refractivity (Wildman–Crippen MR) is 73.0 cm³/mol. The van der Waals surface area contributed by atoms with E-state index in [4.69, 9.17) is 0 Å². The molecule has 0 radical (unpaired) electrons. The Hall–Kier alpha value is -0.220. The van der Waals surface area contributed by atoms with Crippen molar-refractivity contribution in [3.8, 4) is 0 Å². The molecule has 2 rings (SSSR count). The van der Waals surface area contributed by atoms with Crippen molar-refractivity contribution in [2.45, 2.75) is 57.5 Å². The molecule has 2 N–H and O–H groups in total. The van der Waals surface area contributed by atoms with Crippen LogP contribution in [0.5, 0.6) is 0 Å². The van der Waals surface area contributed by atoms with Gasteiger partial charge in [-0.1, -0.05) is 25.7 Å². The van der Waals surface area contributed by atoms with E-state index < -0.39 is 0 Å². The van der Waals surface area contributed by atoms with Gasteiger partial charge < -0.3 is 5.32 Å². The number of thioether (sulfide) groups is 1. The van der Waals surface area contributed by atoms with Crippen LogP contribution in [0.15, 0.2) is 0 Å². The van der Waals surface area contributed by atoms with Crippen LogP contribution in [0.1, 0.15) is 45.4 Å². The van der Waals surface area contributed by atoms with Gasteiger partial charge in [-0.2, -0.15) is 0 Å². The molecule has 2 atom stereocenters. The van der Waals surface area contributed by atoms with E-state index in [0.29, 0.717) is 12.0 Å². The highest BCUT2D eigenvalue weighted by atomic mass is 32.2. The van der Waals surface area contributed by atoms with Crippen LogP contribution in [0.4, 0.5) is 0 Å². The van der Waals surface area contributed by atoms with Crippen LogP contribution in [0.25, 0.3) is 0 Å². The average Bonchev–Trinajstić information content (AvgIpc) is 2.71. The van der Waals surface area contributed by atoms with Gasteiger partial charge in [-0.3, -0.25) is 10.1 Å². The van der Waals surface area contributed by atoms with Gasteiger partial charge >= 0.3 is 0 Å². The zero-order chi connectivity index (χ0) is 12.1. The summed E-state index contributed by atoms with van der Waals surface area (Å²) in [6, 6.07) is 0.376. The molecule has 0 aromatic heterocycles. The second-order valence-electron chi connectivity index (χ2n) is 5.32. The van der Waals surface area contributed by atoms with Crippen molar-refractivity contribution in [2.24, 2.45) is 5.92 Å². The van der Waals surface area contributed by atoms with Gasteiger partial charge in [-0.15, -0.1) is 11.8 Å². The van der Waals surface area contributed by atoms with E-state index in [1.165, 1.54) is 38.5 Å². The maximum Gasteiger partial charge on any atom is 0.238 e. The zero-order valence-electron chi connectivity index (χ0n) is 10.7. The van der Waals surface area contributed by atoms with Crippen molar-refractivity contribution in [2.75, 3.05) is 11.6 Å². The molecule has 2 fully saturated rings. The van der Waals surface area contributed by atoms with Gasteiger partial charge in [0.1, 0.15) is 0 Å². The first-order valence-electron chi connectivity index (χ1n) is 6.89. The normalized spacial score (nSPS) is 28.6. The molecule has 3 nitrogen and oxygen atoms in total. The highest BCUT2D eigenvalue weighted by Gasteiger charge is 2.26. The molecule has 1 unspecified atom stereocenters. The van der Waals surface area contributed by atoms with Gasteiger partial charge in [0.15, 0.2) is 0 Å². The van der Waals surface area contributed by atoms with Crippen molar-refractivity contribution >= 4 is 17.7 Å². The van der Waals surface area contributed by atoms with Crippen LogP contribution in [-0.2, 0) is 4.79 Å². The monoisotopic (exact) mass is 256 g/mol. The van der Waals surface area contributed by atoms with Gasteiger partial charge in [0.2, 0.25) is 5.91 Å². The first kappa shape index (κ1) is 13.2. The van der Waals surface area contributed by atoms with Crippen LogP contribution in [0.2, 0.25) is 0 Å². The third-order valence-electron chi connectivity index (χ3n) is 4.01. The van der Waals surface area contributed by atoms with Crippen molar-refractivity contribution in [3.05, 3.63) is 0 Å². The maximum absolute atomic E-state index is 12.0. The minimum absolute atomic E-state index is 0.0354. The van der Waals surface area contributed by atoms with E-state index in [1.54, 1.807) is 11.8 Å². The molecule has 1 saturated carbocycles. The van der Waals surface area contributed by atoms with E-state index in [-0.39, 0.29) is 11.9 Å². The standard InChI is InChI=1S/C13H24N2OS/c1-10(11-6-4-2-3-5-7-11)15-13(16)12-8-17-9-14-12/h10-12,14H,2-9H2,1H3,(H,15,16)/t10-,12?/m0/s1. The lowest BCUT2D eigenvalue weighted by molar-refractivity contribution is -0.123. The van der Waals surface area contributed by atoms with Gasteiger partial charge in [0.25, 0.3) is 0 Å². The Kier molecular flexibility index (Phi) is 5.16. The molecule has 17 heavy (non-hydrogen) atoms. The fourth-order valence-electron chi connectivity index (χ4n) is 2.82. The summed E-state index contributed by atoms with van der Waals surface area (Å²) in [6.45, 7) is 2.18. The molecular formula is C13H24N2OS. The number of carbonyl (C=O) groups is 1. The third-order valence-corrected chi connectivity index (χ3v) is 4.95. The summed E-state index contributed by atoms with van der Waals surface area (Å²) in [7, 11) is 0. The highest BCUT2D eigenvalue weighted by Crippen LogP contribution is 2.25. The number of hydrogen-bond donors (Lipinski definition) is 2. The summed E-state index contributed by atoms with van der Waals surface area (Å²) < 4.78 is 0. The molecule has 98 valence electrons. The molecule has 0 spiro atoms. The van der Waals surface area contributed by atoms with Crippen molar-refractivity contribution in [3.63, 3.8) is 0 Å². The Balaban J connectivity index is 1.78. The smallest absolute Gasteiger partial charge is 0.238 e. The molecule has 0 aromatic carbocycles. The highest BCUT2D eigenvalue weighted by molar-refractivity contribution is 7.99. The van der Waals surface area contributed by atoms with Crippen LogP contribution < -0.4 is 10.6 Å². The fourth-order valence-corrected chi connectivity index (χ4v) is 3.76. The van der Waals surface area contributed by atoms with Crippen molar-refractivity contribution < 1.29 is 4.79 Å². The predicted octanol–water partition coefficient (Wildman–Crippen LogP) is 2.12. The molecule has 0 aromatic rings. The first-order chi connectivity index (χ1) is 8.27. The third kappa shape index (κ3) is 3.88. The topological polar surface area (TPSA) is 41.1 Å². The molecule has 1 aliphatic carbocycles. The van der Waals surface area contributed by atoms with E-state index >= 15 is 0 Å². The molecular weight excluding hydrogens is 232 g/mol. The fraction of sp³-hybridized carbons (Fsp3) is 0.923. The lowest BCUT2D eigenvalue weighted by Gasteiger charge is -2.24. The average molecular weight is 256 g/mol. The Bertz CT molecular complexity index is 246. The SMILES string of the molecule is C[C@H](NC(=O)C1CSCN1)C1CCCCCC1. The van der Waals surface area contributed by atoms with Crippen LogP contribution >= 0.6 is 11.8 Å². The molecule has 1 heterocycles. The molecule has 1 saturated heterocycles. The number of nitrogens with one attached hydrogen (secondary N) is 2. The summed E-state index contributed by atoms with van der Waals surface area (Å²) in [5.74, 6) is 2.72. The molecule has 1 amide bonds. The van der Waals surface area contributed by atoms with Crippen molar-refractivity contribution in [1.82, 2.24) is 10.6 Å². The Morgan fingerprint density at radius 2 is 2.00 bits per heavy atom. The Labute approximate surface area is 108 Å². The van der Waals surface area contributed by atoms with Crippen LogP contribution in [-0.4, -0.2) is 29.6 Å². The second-order valence-corrected chi connectivity index (χ2v) is 6.35. The molecule has 1 aliphatic heterocycles. The zero-order valence-corrected chi connectivity index (χ0v) is 11.5. The number of amides is 1. The molecule has 0 bridgehead atoms. The summed E-state index contributed by atoms with van der Waals surface area (Å²) in [6.07, 6.45) is 7.99. The largest absolute Gasteiger partial charge is 0.352 e. The van der Waals surface area contributed by atoms with Crippen LogP contribution in [0, 0.1) is 5.92 Å². The Morgan fingerprint density at radius 1 is 1.29 bits per heavy atom. The maximum atomic E-state index is 12.0. The lowest BCUT2D eigenvalue weighted by atomic mass is 9.93. The summed E-state index contributed by atoms with van der Waals surface area (Å²) in [5, 5.41) is 6.43. The van der Waals surface area contributed by atoms with Gasteiger partial charge in [0, 0.05) is 17.7 Å². The molecule has 2 aliphatic rings. The lowest BCUT2D eigenvalue weighted by Crippen LogP contribution is -2.47. The summed E-state index contributed by atoms with van der Waals surface area (Å²) in [5.41, 5.74) is 0. The first-order valence-corrected chi connectivity index (χ1v) is 8.04. The van der Waals surface area contributed by atoms with Gasteiger partial charge in [0.05, 0.1) is 6.04 Å². The van der Waals surface area contributed by atoms with Crippen molar-refractivity contribution in [1.29, 1.82) is 0 Å². The number of carbonyl (C=O) groups excluding carboxylic acids is 1. The van der Waals surface area contributed by atoms with Crippen LogP contribution in [0.3, 0.4) is 0 Å². The Morgan fingerprint density at radius 3 is 2.59 bits per heavy atom. The van der Waals surface area contributed by atoms with Gasteiger partial charge in [-0.25, -0.2) is 0 Å². The number of hydrogen-bond acceptors (Lipinski definition) is 3. The minimum Gasteiger partial charge on any atom is -0.352 e. The molecule has 4 heteroatoms. The summed E-state index contributed by atoms with van der Waals surface area (Å²) in [4.78, 5) is 12.0. The van der Waals surface area contributed by atoms with E-state index in [9.17, 15) is 4.79 Å². The minimum atomic E-state index is 0.0354. The second kappa shape index (κ2) is 6.64. The quantitative estimate of drug-likeness (QED) is 0.760. The van der Waals surface area contributed by atoms with E-state index in [0.717, 1.165) is 11.6 Å². The van der Waals surface area contributed by atoms with E-state index in [1.807, 2.05) is 0 Å². The van der Waals surface area contributed by atoms with Gasteiger partial charge in [-0.05, 0) is 25.7 Å². The van der Waals surface area contributed by atoms with E-state index in [2.05, 4.69) is 17.6 Å². The number of rotatable bonds is 3.